The summed E-state index contributed by atoms with van der Waals surface area (Å²) in [7, 11) is 0. The number of carbonyl (C=O) groups excluding carboxylic acids is 6. The maximum absolute atomic E-state index is 12.6. The second-order valence-electron chi connectivity index (χ2n) is 40.1. The highest BCUT2D eigenvalue weighted by molar-refractivity contribution is 5.96. The van der Waals surface area contributed by atoms with E-state index < -0.39 is 34.6 Å². The molecule has 3 rings (SSSR count). The van der Waals surface area contributed by atoms with Gasteiger partial charge in [-0.25, -0.2) is 0 Å². The van der Waals surface area contributed by atoms with E-state index in [1.807, 2.05) is 133 Å². The first-order valence-electron chi connectivity index (χ1n) is 46.6. The van der Waals surface area contributed by atoms with Crippen LogP contribution < -0.4 is 0 Å². The van der Waals surface area contributed by atoms with Gasteiger partial charge in [0, 0.05) is 35.5 Å². The highest BCUT2D eigenvalue weighted by Gasteiger charge is 2.33. The van der Waals surface area contributed by atoms with Gasteiger partial charge in [-0.3, -0.25) is 28.8 Å². The third-order valence-corrected chi connectivity index (χ3v) is 23.3. The molecule has 0 aliphatic heterocycles. The molecule has 0 aromatic carbocycles. The number of rotatable bonds is 45. The number of hydrogen-bond donors (Lipinski definition) is 3. The summed E-state index contributed by atoms with van der Waals surface area (Å²) in [5.74, 6) is -0.442. The average Bonchev–Trinajstić information content (AvgIpc) is 0.823. The molecule has 3 aliphatic rings. The summed E-state index contributed by atoms with van der Waals surface area (Å²) in [5.41, 5.74) is 21.1. The zero-order valence-electron chi connectivity index (χ0n) is 85.4. The van der Waals surface area contributed by atoms with Crippen molar-refractivity contribution in [2.75, 3.05) is 0 Å². The molecule has 0 saturated carbocycles. The summed E-state index contributed by atoms with van der Waals surface area (Å²) in [6.45, 7) is 60.7. The van der Waals surface area contributed by atoms with Crippen molar-refractivity contribution in [3.8, 4) is 0 Å². The highest BCUT2D eigenvalue weighted by Crippen LogP contribution is 2.44. The minimum Gasteiger partial charge on any atom is -0.393 e. The van der Waals surface area contributed by atoms with E-state index in [4.69, 9.17) is 0 Å². The molecule has 3 N–H and O–H groups in total. The van der Waals surface area contributed by atoms with Gasteiger partial charge in [-0.05, 0) is 253 Å². The van der Waals surface area contributed by atoms with Gasteiger partial charge >= 0.3 is 0 Å². The molecule has 3 unspecified atom stereocenters. The predicted octanol–water partition coefficient (Wildman–Crippen LogP) is 31.2. The predicted molar refractivity (Wildman–Crippen MR) is 557 cm³/mol. The lowest BCUT2D eigenvalue weighted by Crippen LogP contribution is -2.29. The van der Waals surface area contributed by atoms with E-state index in [0.29, 0.717) is 0 Å². The normalized spacial score (nSPS) is 18.8. The van der Waals surface area contributed by atoms with Crippen LogP contribution in [0.4, 0.5) is 0 Å². The van der Waals surface area contributed by atoms with Crippen molar-refractivity contribution in [3.05, 3.63) is 356 Å². The molecule has 0 bridgehead atoms. The zero-order valence-corrected chi connectivity index (χ0v) is 85.4. The fourth-order valence-corrected chi connectivity index (χ4v) is 15.3. The van der Waals surface area contributed by atoms with Crippen molar-refractivity contribution in [2.45, 2.75) is 322 Å². The van der Waals surface area contributed by atoms with E-state index in [1.54, 1.807) is 78.0 Å². The molecule has 0 amide bonds. The lowest BCUT2D eigenvalue weighted by Gasteiger charge is -2.33. The van der Waals surface area contributed by atoms with E-state index in [-0.39, 0.29) is 89.5 Å². The number of hydrogen-bond acceptors (Lipinski definition) is 9. The minimum absolute atomic E-state index is 0.0686. The van der Waals surface area contributed by atoms with Gasteiger partial charge in [-0.2, -0.15) is 0 Å². The first kappa shape index (κ1) is 117. The van der Waals surface area contributed by atoms with Gasteiger partial charge in [-0.15, -0.1) is 0 Å². The number of aliphatic hydroxyl groups is 3. The lowest BCUT2D eigenvalue weighted by molar-refractivity contribution is -0.125. The molecule has 0 aromatic rings. The molecule has 0 spiro atoms. The van der Waals surface area contributed by atoms with Crippen LogP contribution in [0.15, 0.2) is 356 Å². The van der Waals surface area contributed by atoms with E-state index in [0.717, 1.165) is 33.4 Å². The smallest absolute Gasteiger partial charge is 0.161 e. The molecule has 0 heterocycles. The fraction of sp³-hybridized carbons (Fsp3) is 0.450. The molecule has 9 heteroatoms. The maximum Gasteiger partial charge on any atom is 0.161 e. The van der Waals surface area contributed by atoms with Crippen LogP contribution in [0.2, 0.25) is 0 Å². The Labute approximate surface area is 784 Å². The Morgan fingerprint density at radius 2 is 0.426 bits per heavy atom. The molecule has 0 saturated heterocycles. The Balaban J connectivity index is 0.000000967. The molecular weight excluding hydrogens is 1590 g/mol. The number of carbonyl (C=O) groups is 6. The van der Waals surface area contributed by atoms with Crippen LogP contribution in [0.5, 0.6) is 0 Å². The molecule has 702 valence electrons. The van der Waals surface area contributed by atoms with Gasteiger partial charge in [0.2, 0.25) is 0 Å². The van der Waals surface area contributed by atoms with E-state index in [2.05, 4.69) is 231 Å². The molecule has 0 radical (unpaired) electrons. The van der Waals surface area contributed by atoms with Crippen LogP contribution in [-0.4, -0.2) is 68.3 Å². The summed E-state index contributed by atoms with van der Waals surface area (Å²) < 4.78 is 0. The van der Waals surface area contributed by atoms with Crippen molar-refractivity contribution < 1.29 is 44.1 Å². The summed E-state index contributed by atoms with van der Waals surface area (Å²) in [4.78, 5) is 71.4. The Kier molecular flexibility index (Phi) is 54.6. The fourth-order valence-electron chi connectivity index (χ4n) is 15.3. The Hall–Kier alpha value is -9.90. The Morgan fingerprint density at radius 3 is 0.597 bits per heavy atom. The van der Waals surface area contributed by atoms with Crippen molar-refractivity contribution in [3.63, 3.8) is 0 Å². The summed E-state index contributed by atoms with van der Waals surface area (Å²) in [5, 5.41) is 30.1. The monoisotopic (exact) mass is 1750 g/mol. The van der Waals surface area contributed by atoms with Crippen molar-refractivity contribution in [2.24, 2.45) is 32.5 Å². The van der Waals surface area contributed by atoms with Crippen LogP contribution in [0.25, 0.3) is 0 Å². The van der Waals surface area contributed by atoms with Crippen LogP contribution in [0, 0.1) is 32.5 Å². The van der Waals surface area contributed by atoms with E-state index >= 15 is 0 Å². The topological polar surface area (TPSA) is 163 Å². The summed E-state index contributed by atoms with van der Waals surface area (Å²) in [6.07, 6.45) is 95.1. The van der Waals surface area contributed by atoms with Crippen LogP contribution in [0.3, 0.4) is 0 Å². The first-order valence-corrected chi connectivity index (χ1v) is 46.6. The zero-order chi connectivity index (χ0) is 97.9. The third kappa shape index (κ3) is 53.1. The van der Waals surface area contributed by atoms with Crippen LogP contribution in [0.1, 0.15) is 304 Å². The second kappa shape index (κ2) is 60.1. The highest BCUT2D eigenvalue weighted by atomic mass is 16.3. The molecule has 9 nitrogen and oxygen atoms in total. The van der Waals surface area contributed by atoms with E-state index in [1.165, 1.54) is 145 Å². The van der Waals surface area contributed by atoms with Crippen molar-refractivity contribution in [1.82, 2.24) is 0 Å². The van der Waals surface area contributed by atoms with E-state index in [9.17, 15) is 44.1 Å². The maximum atomic E-state index is 12.6. The van der Waals surface area contributed by atoms with Gasteiger partial charge in [0.05, 0.1) is 18.3 Å². The standard InChI is InChI=1S/3C40H56O3/c3*1-30(18-13-20-32(3)23-25-37-34(5)22-15-27-39(37,7)8)16-11-12-17-31(2)19-14-21-33(4)24-26-38(43)40(9,10)29-36(42)28-35(6)41/h3*11-14,16-21,23-26,36,42H,15,22,27-29H2,1-10H3/b3*12-11+,18-13+,19-14+,25-23+,26-24+,30-16+,31-17+,32-20+,33-21+. The Morgan fingerprint density at radius 1 is 0.264 bits per heavy atom. The lowest BCUT2D eigenvalue weighted by atomic mass is 9.72. The van der Waals surface area contributed by atoms with Gasteiger partial charge in [0.25, 0.3) is 0 Å². The van der Waals surface area contributed by atoms with Crippen molar-refractivity contribution >= 4 is 34.7 Å². The number of aliphatic hydroxyl groups excluding tert-OH is 3. The molecule has 3 aliphatic carbocycles. The van der Waals surface area contributed by atoms with Crippen LogP contribution in [-0.2, 0) is 28.8 Å². The molecule has 0 fully saturated rings. The summed E-state index contributed by atoms with van der Waals surface area (Å²) in [6, 6.07) is 0. The van der Waals surface area contributed by atoms with Crippen molar-refractivity contribution in [1.29, 1.82) is 0 Å². The third-order valence-electron chi connectivity index (χ3n) is 23.3. The average molecular weight is 1750 g/mol. The summed E-state index contributed by atoms with van der Waals surface area (Å²) >= 11 is 0. The number of ketones is 6. The molecular formula is C120H168O9. The number of allylic oxidation sites excluding steroid dienone is 60. The van der Waals surface area contributed by atoms with Gasteiger partial charge in [-0.1, -0.05) is 404 Å². The number of Topliss-reactive ketones (excluding diaryl/α,β-unsaturated/α-hetero) is 3. The molecule has 3 atom stereocenters. The Bertz CT molecular complexity index is 4300. The van der Waals surface area contributed by atoms with Crippen LogP contribution >= 0.6 is 0 Å². The molecule has 129 heavy (non-hydrogen) atoms. The minimum atomic E-state index is -0.801. The first-order chi connectivity index (χ1) is 60.1. The SMILES string of the molecule is CC(=O)CC(O)CC(C)(C)C(=O)/C=C/C(C)=C/C=C/C(C)=C/C=C/C=C(C)/C=C/C=C(C)/C=C/C1=C(C)CCCC1(C)C.CC(=O)CC(O)CC(C)(C)C(=O)/C=C/C(C)=C/C=C/C(C)=C/C=C/C=C(C)/C=C/C=C(C)/C=C/C1=C(C)CCCC1(C)C.CC(=O)CC(O)CC(C)(C)C(=O)/C=C/C(C)=C/C=C/C(C)=C/C=C/C=C(C)/C=C/C=C(C)/C=C/C1=C(C)CCCC1(C)C. The largest absolute Gasteiger partial charge is 0.393 e. The van der Waals surface area contributed by atoms with Gasteiger partial charge in [0.1, 0.15) is 17.3 Å². The quantitative estimate of drug-likeness (QED) is 0.0398. The van der Waals surface area contributed by atoms with Gasteiger partial charge < -0.3 is 15.3 Å². The van der Waals surface area contributed by atoms with Gasteiger partial charge in [0.15, 0.2) is 17.3 Å². The second-order valence-corrected chi connectivity index (χ2v) is 40.1. The molecule has 0 aromatic heterocycles.